The second kappa shape index (κ2) is 6.98. The summed E-state index contributed by atoms with van der Waals surface area (Å²) >= 11 is 0. The van der Waals surface area contributed by atoms with Crippen molar-refractivity contribution in [1.29, 1.82) is 0 Å². The summed E-state index contributed by atoms with van der Waals surface area (Å²) in [6, 6.07) is 5.25. The summed E-state index contributed by atoms with van der Waals surface area (Å²) in [5, 5.41) is 2.70. The van der Waals surface area contributed by atoms with Crippen LogP contribution in [0, 0.1) is 5.92 Å². The Morgan fingerprint density at radius 3 is 2.67 bits per heavy atom. The molecule has 1 aliphatic heterocycles. The Bertz CT molecular complexity index is 625. The SMILES string of the molecule is CC(C)(C)OC(=O)Nc1ccc(N)c(N2CCCC(C(N)=O)C2)c1. The minimum atomic E-state index is -0.567. The predicted octanol–water partition coefficient (Wildman–Crippen LogP) is 2.32. The number of primary amides is 1. The van der Waals surface area contributed by atoms with E-state index in [4.69, 9.17) is 16.2 Å². The standard InChI is InChI=1S/C17H26N4O3/c1-17(2,3)24-16(23)20-12-6-7-13(18)14(9-12)21-8-4-5-11(10-21)15(19)22/h6-7,9,11H,4-5,8,10,18H2,1-3H3,(H2,19,22)(H,20,23). The highest BCUT2D eigenvalue weighted by atomic mass is 16.6. The second-order valence-corrected chi connectivity index (χ2v) is 7.09. The van der Waals surface area contributed by atoms with Gasteiger partial charge in [0.15, 0.2) is 0 Å². The highest BCUT2D eigenvalue weighted by molar-refractivity contribution is 5.87. The largest absolute Gasteiger partial charge is 0.444 e. The summed E-state index contributed by atoms with van der Waals surface area (Å²) in [5.41, 5.74) is 12.9. The molecule has 0 aromatic heterocycles. The van der Waals surface area contributed by atoms with Crippen LogP contribution in [-0.4, -0.2) is 30.7 Å². The predicted molar refractivity (Wildman–Crippen MR) is 94.8 cm³/mol. The van der Waals surface area contributed by atoms with Gasteiger partial charge in [-0.1, -0.05) is 0 Å². The number of ether oxygens (including phenoxy) is 1. The lowest BCUT2D eigenvalue weighted by Gasteiger charge is -2.34. The Morgan fingerprint density at radius 2 is 2.04 bits per heavy atom. The molecule has 1 fully saturated rings. The second-order valence-electron chi connectivity index (χ2n) is 7.09. The molecular formula is C17H26N4O3. The molecule has 1 aliphatic rings. The van der Waals surface area contributed by atoms with E-state index >= 15 is 0 Å². The van der Waals surface area contributed by atoms with E-state index in [2.05, 4.69) is 5.32 Å². The third-order valence-corrected chi connectivity index (χ3v) is 3.84. The Hall–Kier alpha value is -2.44. The Kier molecular flexibility index (Phi) is 5.21. The van der Waals surface area contributed by atoms with Gasteiger partial charge >= 0.3 is 6.09 Å². The fourth-order valence-corrected chi connectivity index (χ4v) is 2.74. The van der Waals surface area contributed by atoms with E-state index in [-0.39, 0.29) is 11.8 Å². The number of nitrogens with zero attached hydrogens (tertiary/aromatic N) is 1. The fraction of sp³-hybridized carbons (Fsp3) is 0.529. The summed E-state index contributed by atoms with van der Waals surface area (Å²) in [5.74, 6) is -0.470. The lowest BCUT2D eigenvalue weighted by atomic mass is 9.97. The van der Waals surface area contributed by atoms with Gasteiger partial charge in [0.25, 0.3) is 0 Å². The first-order chi connectivity index (χ1) is 11.2. The number of benzene rings is 1. The lowest BCUT2D eigenvalue weighted by Crippen LogP contribution is -2.41. The molecule has 0 saturated carbocycles. The molecule has 7 heteroatoms. The number of nitrogens with one attached hydrogen (secondary N) is 1. The Balaban J connectivity index is 2.13. The highest BCUT2D eigenvalue weighted by Gasteiger charge is 2.25. The molecular weight excluding hydrogens is 308 g/mol. The van der Waals surface area contributed by atoms with E-state index < -0.39 is 11.7 Å². The number of anilines is 3. The molecule has 2 amide bonds. The van der Waals surface area contributed by atoms with E-state index in [0.717, 1.165) is 25.1 Å². The number of nitrogen functional groups attached to an aromatic ring is 1. The first-order valence-corrected chi connectivity index (χ1v) is 8.09. The highest BCUT2D eigenvalue weighted by Crippen LogP contribution is 2.31. The zero-order valence-electron chi connectivity index (χ0n) is 14.5. The van der Waals surface area contributed by atoms with Gasteiger partial charge in [-0.3, -0.25) is 10.1 Å². The molecule has 0 radical (unpaired) electrons. The van der Waals surface area contributed by atoms with Gasteiger partial charge in [0.1, 0.15) is 5.60 Å². The van der Waals surface area contributed by atoms with Crippen molar-refractivity contribution in [3.63, 3.8) is 0 Å². The van der Waals surface area contributed by atoms with E-state index in [9.17, 15) is 9.59 Å². The Labute approximate surface area is 142 Å². The van der Waals surface area contributed by atoms with Crippen molar-refractivity contribution < 1.29 is 14.3 Å². The van der Waals surface area contributed by atoms with Gasteiger partial charge in [0.05, 0.1) is 17.3 Å². The third-order valence-electron chi connectivity index (χ3n) is 3.84. The minimum absolute atomic E-state index is 0.180. The van der Waals surface area contributed by atoms with Crippen LogP contribution >= 0.6 is 0 Å². The molecule has 5 N–H and O–H groups in total. The molecule has 1 aromatic rings. The molecule has 0 bridgehead atoms. The summed E-state index contributed by atoms with van der Waals surface area (Å²) in [6.45, 7) is 6.75. The molecule has 7 nitrogen and oxygen atoms in total. The maximum Gasteiger partial charge on any atom is 0.412 e. The van der Waals surface area contributed by atoms with E-state index in [1.165, 1.54) is 0 Å². The Morgan fingerprint density at radius 1 is 1.33 bits per heavy atom. The number of nitrogens with two attached hydrogens (primary N) is 2. The number of hydrogen-bond donors (Lipinski definition) is 3. The maximum absolute atomic E-state index is 11.9. The van der Waals surface area contributed by atoms with Crippen molar-refractivity contribution >= 4 is 29.1 Å². The molecule has 0 aliphatic carbocycles. The number of piperidine rings is 1. The van der Waals surface area contributed by atoms with Crippen LogP contribution in [0.3, 0.4) is 0 Å². The summed E-state index contributed by atoms with van der Waals surface area (Å²) in [4.78, 5) is 25.4. The first-order valence-electron chi connectivity index (χ1n) is 8.09. The van der Waals surface area contributed by atoms with E-state index in [1.54, 1.807) is 39.0 Å². The van der Waals surface area contributed by atoms with E-state index in [1.807, 2.05) is 4.90 Å². The van der Waals surface area contributed by atoms with Crippen molar-refractivity contribution in [2.24, 2.45) is 11.7 Å². The molecule has 1 unspecified atom stereocenters. The van der Waals surface area contributed by atoms with Crippen molar-refractivity contribution in [3.05, 3.63) is 18.2 Å². The summed E-state index contributed by atoms with van der Waals surface area (Å²) < 4.78 is 5.25. The zero-order valence-corrected chi connectivity index (χ0v) is 14.5. The average Bonchev–Trinajstić information content (AvgIpc) is 2.47. The van der Waals surface area contributed by atoms with Crippen LogP contribution in [0.2, 0.25) is 0 Å². The van der Waals surface area contributed by atoms with Crippen LogP contribution < -0.4 is 21.7 Å². The quantitative estimate of drug-likeness (QED) is 0.735. The monoisotopic (exact) mass is 334 g/mol. The zero-order chi connectivity index (χ0) is 17.9. The van der Waals surface area contributed by atoms with Crippen LogP contribution in [0.5, 0.6) is 0 Å². The topological polar surface area (TPSA) is 111 Å². The molecule has 24 heavy (non-hydrogen) atoms. The molecule has 1 aromatic carbocycles. The van der Waals surface area contributed by atoms with Gasteiger partial charge in [0, 0.05) is 18.8 Å². The molecule has 2 rings (SSSR count). The van der Waals surface area contributed by atoms with Crippen molar-refractivity contribution in [3.8, 4) is 0 Å². The van der Waals surface area contributed by atoms with Gasteiger partial charge < -0.3 is 21.1 Å². The van der Waals surface area contributed by atoms with Crippen LogP contribution in [0.15, 0.2) is 18.2 Å². The number of carbonyl (C=O) groups is 2. The van der Waals surface area contributed by atoms with Crippen LogP contribution in [0.25, 0.3) is 0 Å². The van der Waals surface area contributed by atoms with Crippen LogP contribution in [-0.2, 0) is 9.53 Å². The van der Waals surface area contributed by atoms with Crippen molar-refractivity contribution in [1.82, 2.24) is 0 Å². The molecule has 1 heterocycles. The third kappa shape index (κ3) is 4.78. The van der Waals surface area contributed by atoms with Crippen LogP contribution in [0.1, 0.15) is 33.6 Å². The minimum Gasteiger partial charge on any atom is -0.444 e. The summed E-state index contributed by atoms with van der Waals surface area (Å²) in [7, 11) is 0. The van der Waals surface area contributed by atoms with Gasteiger partial charge in [-0.05, 0) is 51.8 Å². The van der Waals surface area contributed by atoms with E-state index in [0.29, 0.717) is 17.9 Å². The average molecular weight is 334 g/mol. The number of rotatable bonds is 3. The number of hydrogen-bond acceptors (Lipinski definition) is 5. The fourth-order valence-electron chi connectivity index (χ4n) is 2.74. The normalized spacial score (nSPS) is 18.1. The lowest BCUT2D eigenvalue weighted by molar-refractivity contribution is -0.122. The van der Waals surface area contributed by atoms with Gasteiger partial charge in [-0.15, -0.1) is 0 Å². The smallest absolute Gasteiger partial charge is 0.412 e. The first kappa shape index (κ1) is 17.9. The number of amides is 2. The molecule has 1 saturated heterocycles. The summed E-state index contributed by atoms with van der Waals surface area (Å²) in [6.07, 6.45) is 1.14. The molecule has 1 atom stereocenters. The van der Waals surface area contributed by atoms with Gasteiger partial charge in [0.2, 0.25) is 5.91 Å². The molecule has 0 spiro atoms. The van der Waals surface area contributed by atoms with Gasteiger partial charge in [-0.25, -0.2) is 4.79 Å². The van der Waals surface area contributed by atoms with Crippen molar-refractivity contribution in [2.75, 3.05) is 29.0 Å². The number of carbonyl (C=O) groups excluding carboxylic acids is 2. The maximum atomic E-state index is 11.9. The van der Waals surface area contributed by atoms with Crippen molar-refractivity contribution in [2.45, 2.75) is 39.2 Å². The molecule has 132 valence electrons. The van der Waals surface area contributed by atoms with Gasteiger partial charge in [-0.2, -0.15) is 0 Å². The van der Waals surface area contributed by atoms with Crippen LogP contribution in [0.4, 0.5) is 21.9 Å².